The summed E-state index contributed by atoms with van der Waals surface area (Å²) in [7, 11) is 0. The Hall–Kier alpha value is -3.12. The van der Waals surface area contributed by atoms with E-state index in [0.717, 1.165) is 56.6 Å². The Kier molecular flexibility index (Phi) is 6.37. The van der Waals surface area contributed by atoms with E-state index in [4.69, 9.17) is 19.4 Å². The van der Waals surface area contributed by atoms with Crippen molar-refractivity contribution in [3.8, 4) is 22.6 Å². The lowest BCUT2D eigenvalue weighted by atomic mass is 10.0. The number of aromatic nitrogens is 2. The van der Waals surface area contributed by atoms with Crippen molar-refractivity contribution in [2.45, 2.75) is 34.1 Å². The van der Waals surface area contributed by atoms with Gasteiger partial charge in [-0.15, -0.1) is 11.3 Å². The first-order valence-electron chi connectivity index (χ1n) is 10.6. The van der Waals surface area contributed by atoms with Crippen molar-refractivity contribution in [3.05, 3.63) is 59.2 Å². The summed E-state index contributed by atoms with van der Waals surface area (Å²) in [6.07, 6.45) is 0.955. The molecule has 0 aliphatic rings. The second-order valence-electron chi connectivity index (χ2n) is 7.26. The molecule has 0 aliphatic carbocycles. The average Bonchev–Trinajstić information content (AvgIpc) is 3.09. The van der Waals surface area contributed by atoms with Gasteiger partial charge in [-0.2, -0.15) is 0 Å². The van der Waals surface area contributed by atoms with E-state index in [1.54, 1.807) is 11.3 Å². The van der Waals surface area contributed by atoms with Gasteiger partial charge in [0.1, 0.15) is 28.0 Å². The van der Waals surface area contributed by atoms with Gasteiger partial charge in [-0.1, -0.05) is 31.2 Å². The number of anilines is 2. The minimum atomic E-state index is 0.653. The Morgan fingerprint density at radius 3 is 2.45 bits per heavy atom. The summed E-state index contributed by atoms with van der Waals surface area (Å²) in [5, 5.41) is 4.56. The van der Waals surface area contributed by atoms with Gasteiger partial charge in [0.2, 0.25) is 0 Å². The second kappa shape index (κ2) is 9.35. The highest BCUT2D eigenvalue weighted by atomic mass is 32.1. The van der Waals surface area contributed by atoms with E-state index in [2.05, 4.69) is 31.3 Å². The smallest absolute Gasteiger partial charge is 0.143 e. The van der Waals surface area contributed by atoms with E-state index in [0.29, 0.717) is 13.2 Å². The molecule has 2 aromatic carbocycles. The molecule has 2 aromatic heterocycles. The Morgan fingerprint density at radius 2 is 1.71 bits per heavy atom. The maximum atomic E-state index is 5.94. The van der Waals surface area contributed by atoms with Crippen LogP contribution in [-0.4, -0.2) is 23.2 Å². The predicted octanol–water partition coefficient (Wildman–Crippen LogP) is 6.91. The number of hydrogen-bond donors (Lipinski definition) is 1. The molecule has 160 valence electrons. The van der Waals surface area contributed by atoms with Crippen LogP contribution in [-0.2, 0) is 0 Å². The largest absolute Gasteiger partial charge is 0.494 e. The molecule has 4 aromatic rings. The molecule has 0 radical (unpaired) electrons. The Labute approximate surface area is 187 Å². The van der Waals surface area contributed by atoms with Crippen LogP contribution >= 0.6 is 11.3 Å². The molecule has 6 heteroatoms. The molecule has 0 spiro atoms. The van der Waals surface area contributed by atoms with Crippen LogP contribution in [0.1, 0.15) is 31.0 Å². The monoisotopic (exact) mass is 433 g/mol. The lowest BCUT2D eigenvalue weighted by molar-refractivity contribution is 0.319. The van der Waals surface area contributed by atoms with Gasteiger partial charge in [-0.3, -0.25) is 0 Å². The lowest BCUT2D eigenvalue weighted by Crippen LogP contribution is -2.02. The molecule has 4 rings (SSSR count). The quantitative estimate of drug-likeness (QED) is 0.327. The number of nitrogens with one attached hydrogen (secondary N) is 1. The zero-order chi connectivity index (χ0) is 21.8. The van der Waals surface area contributed by atoms with Crippen molar-refractivity contribution in [3.63, 3.8) is 0 Å². The van der Waals surface area contributed by atoms with Crippen molar-refractivity contribution in [1.29, 1.82) is 0 Å². The number of aryl methyl sites for hydroxylation is 2. The molecule has 0 saturated carbocycles. The SMILES string of the molecule is CCCOc1ccccc1Nc1nc(C)nc2sc(C)c(-c3ccc(OCC)cc3)c12. The predicted molar refractivity (Wildman–Crippen MR) is 129 cm³/mol. The Balaban J connectivity index is 1.81. The summed E-state index contributed by atoms with van der Waals surface area (Å²) in [4.78, 5) is 11.7. The summed E-state index contributed by atoms with van der Waals surface area (Å²) in [5.41, 5.74) is 3.17. The molecule has 0 amide bonds. The first kappa shape index (κ1) is 21.1. The molecule has 1 N–H and O–H groups in total. The van der Waals surface area contributed by atoms with Crippen molar-refractivity contribution >= 4 is 33.1 Å². The summed E-state index contributed by atoms with van der Waals surface area (Å²) in [6.45, 7) is 9.48. The van der Waals surface area contributed by atoms with Gasteiger partial charge in [0.15, 0.2) is 0 Å². The summed E-state index contributed by atoms with van der Waals surface area (Å²) >= 11 is 1.69. The number of thiophene rings is 1. The van der Waals surface area contributed by atoms with Crippen LogP contribution in [0, 0.1) is 13.8 Å². The van der Waals surface area contributed by atoms with Crippen molar-refractivity contribution < 1.29 is 9.47 Å². The van der Waals surface area contributed by atoms with Crippen molar-refractivity contribution in [2.75, 3.05) is 18.5 Å². The number of nitrogens with zero attached hydrogens (tertiary/aromatic N) is 2. The van der Waals surface area contributed by atoms with Crippen LogP contribution in [0.2, 0.25) is 0 Å². The average molecular weight is 434 g/mol. The third-order valence-corrected chi connectivity index (χ3v) is 5.89. The fraction of sp³-hybridized carbons (Fsp3) is 0.280. The number of benzene rings is 2. The molecular formula is C25H27N3O2S. The van der Waals surface area contributed by atoms with E-state index in [1.807, 2.05) is 50.2 Å². The third-order valence-electron chi connectivity index (χ3n) is 4.90. The van der Waals surface area contributed by atoms with Crippen LogP contribution in [0.15, 0.2) is 48.5 Å². The molecule has 0 bridgehead atoms. The molecular weight excluding hydrogens is 406 g/mol. The van der Waals surface area contributed by atoms with Crippen LogP contribution in [0.3, 0.4) is 0 Å². The molecule has 0 atom stereocenters. The Morgan fingerprint density at radius 1 is 0.935 bits per heavy atom. The van der Waals surface area contributed by atoms with Gasteiger partial charge in [0.05, 0.1) is 24.3 Å². The van der Waals surface area contributed by atoms with Gasteiger partial charge in [0, 0.05) is 10.4 Å². The second-order valence-corrected chi connectivity index (χ2v) is 8.46. The topological polar surface area (TPSA) is 56.3 Å². The first-order valence-corrected chi connectivity index (χ1v) is 11.4. The van der Waals surface area contributed by atoms with Gasteiger partial charge < -0.3 is 14.8 Å². The summed E-state index contributed by atoms with van der Waals surface area (Å²) in [6, 6.07) is 16.2. The normalized spacial score (nSPS) is 11.0. The highest BCUT2D eigenvalue weighted by Crippen LogP contribution is 2.42. The molecule has 5 nitrogen and oxygen atoms in total. The van der Waals surface area contributed by atoms with E-state index < -0.39 is 0 Å². The van der Waals surface area contributed by atoms with Gasteiger partial charge in [-0.25, -0.2) is 9.97 Å². The molecule has 0 saturated heterocycles. The van der Waals surface area contributed by atoms with E-state index in [9.17, 15) is 0 Å². The fourth-order valence-electron chi connectivity index (χ4n) is 3.58. The zero-order valence-electron chi connectivity index (χ0n) is 18.4. The Bertz CT molecular complexity index is 1190. The fourth-order valence-corrected chi connectivity index (χ4v) is 4.67. The van der Waals surface area contributed by atoms with Crippen molar-refractivity contribution in [2.24, 2.45) is 0 Å². The first-order chi connectivity index (χ1) is 15.1. The zero-order valence-corrected chi connectivity index (χ0v) is 19.2. The minimum Gasteiger partial charge on any atom is -0.494 e. The van der Waals surface area contributed by atoms with Crippen molar-refractivity contribution in [1.82, 2.24) is 9.97 Å². The number of para-hydroxylation sites is 2. The van der Waals surface area contributed by atoms with E-state index in [-0.39, 0.29) is 0 Å². The summed E-state index contributed by atoms with van der Waals surface area (Å²) < 4.78 is 11.6. The number of rotatable bonds is 8. The summed E-state index contributed by atoms with van der Waals surface area (Å²) in [5.74, 6) is 3.23. The van der Waals surface area contributed by atoms with Gasteiger partial charge in [0.25, 0.3) is 0 Å². The number of ether oxygens (including phenoxy) is 2. The standard InChI is InChI=1S/C25H27N3O2S/c1-5-15-30-21-10-8-7-9-20(21)28-24-23-22(16(3)31-25(23)27-17(4)26-24)18-11-13-19(14-12-18)29-6-2/h7-14H,5-6,15H2,1-4H3,(H,26,27,28). The molecule has 0 fully saturated rings. The van der Waals surface area contributed by atoms with Gasteiger partial charge in [-0.05, 0) is 57.0 Å². The minimum absolute atomic E-state index is 0.653. The van der Waals surface area contributed by atoms with Gasteiger partial charge >= 0.3 is 0 Å². The highest BCUT2D eigenvalue weighted by molar-refractivity contribution is 7.19. The maximum Gasteiger partial charge on any atom is 0.143 e. The van der Waals surface area contributed by atoms with Crippen LogP contribution in [0.4, 0.5) is 11.5 Å². The number of hydrogen-bond acceptors (Lipinski definition) is 6. The third kappa shape index (κ3) is 4.49. The molecule has 0 unspecified atom stereocenters. The van der Waals surface area contributed by atoms with E-state index in [1.165, 1.54) is 4.88 Å². The molecule has 2 heterocycles. The number of fused-ring (bicyclic) bond motifs is 1. The maximum absolute atomic E-state index is 5.94. The van der Waals surface area contributed by atoms with Crippen LogP contribution in [0.25, 0.3) is 21.3 Å². The lowest BCUT2D eigenvalue weighted by Gasteiger charge is -2.14. The van der Waals surface area contributed by atoms with E-state index >= 15 is 0 Å². The van der Waals surface area contributed by atoms with Crippen LogP contribution in [0.5, 0.6) is 11.5 Å². The van der Waals surface area contributed by atoms with Crippen LogP contribution < -0.4 is 14.8 Å². The molecule has 31 heavy (non-hydrogen) atoms. The molecule has 0 aliphatic heterocycles. The highest BCUT2D eigenvalue weighted by Gasteiger charge is 2.19.